The molecule has 2 N–H and O–H groups in total. The molecule has 0 aliphatic carbocycles. The highest BCUT2D eigenvalue weighted by molar-refractivity contribution is 5.92. The third-order valence-electron chi connectivity index (χ3n) is 5.22. The number of rotatable bonds is 7. The summed E-state index contributed by atoms with van der Waals surface area (Å²) in [6, 6.07) is 8.10. The van der Waals surface area contributed by atoms with Crippen molar-refractivity contribution in [1.29, 1.82) is 0 Å². The average Bonchev–Trinajstić information content (AvgIpc) is 2.83. The highest BCUT2D eigenvalue weighted by Gasteiger charge is 2.41. The average molecular weight is 370 g/mol. The van der Waals surface area contributed by atoms with Crippen molar-refractivity contribution in [1.82, 2.24) is 15.2 Å². The Morgan fingerprint density at radius 2 is 2.19 bits per heavy atom. The molecule has 1 aliphatic heterocycles. The smallest absolute Gasteiger partial charge is 0.240 e. The van der Waals surface area contributed by atoms with Gasteiger partial charge in [-0.05, 0) is 52.7 Å². The minimum absolute atomic E-state index is 0.107. The summed E-state index contributed by atoms with van der Waals surface area (Å²) in [7, 11) is 1.68. The van der Waals surface area contributed by atoms with Crippen LogP contribution in [0.1, 0.15) is 40.5 Å². The van der Waals surface area contributed by atoms with E-state index in [4.69, 9.17) is 4.74 Å². The lowest BCUT2D eigenvalue weighted by molar-refractivity contribution is -0.131. The Bertz CT molecular complexity index is 821. The van der Waals surface area contributed by atoms with Crippen molar-refractivity contribution < 1.29 is 9.53 Å². The predicted octanol–water partition coefficient (Wildman–Crippen LogP) is 3.38. The molecule has 1 saturated heterocycles. The number of anilines is 1. The number of aromatic nitrogens is 1. The zero-order valence-corrected chi connectivity index (χ0v) is 16.9. The first-order chi connectivity index (χ1) is 12.8. The third kappa shape index (κ3) is 4.16. The number of benzene rings is 1. The second-order valence-corrected chi connectivity index (χ2v) is 7.85. The highest BCUT2D eigenvalue weighted by atomic mass is 16.5. The molecule has 1 amide bonds. The van der Waals surface area contributed by atoms with Crippen LogP contribution < -0.4 is 15.4 Å². The van der Waals surface area contributed by atoms with Gasteiger partial charge in [-0.1, -0.05) is 6.07 Å². The largest absolute Gasteiger partial charge is 0.497 e. The summed E-state index contributed by atoms with van der Waals surface area (Å²) < 4.78 is 5.42. The van der Waals surface area contributed by atoms with E-state index in [9.17, 15) is 4.79 Å². The Morgan fingerprint density at radius 1 is 1.41 bits per heavy atom. The van der Waals surface area contributed by atoms with Gasteiger partial charge in [-0.25, -0.2) is 0 Å². The van der Waals surface area contributed by atoms with Gasteiger partial charge in [0.1, 0.15) is 5.75 Å². The van der Waals surface area contributed by atoms with Crippen LogP contribution in [0.2, 0.25) is 0 Å². The number of pyridine rings is 1. The van der Waals surface area contributed by atoms with Crippen LogP contribution in [0.3, 0.4) is 0 Å². The predicted molar refractivity (Wildman–Crippen MR) is 109 cm³/mol. The number of hydrogen-bond donors (Lipinski definition) is 2. The Hall–Kier alpha value is -2.34. The van der Waals surface area contributed by atoms with E-state index in [1.165, 1.54) is 0 Å². The number of fused-ring (bicyclic) bond motifs is 1. The Balaban J connectivity index is 1.62. The summed E-state index contributed by atoms with van der Waals surface area (Å²) in [4.78, 5) is 18.8. The molecule has 6 nitrogen and oxygen atoms in total. The van der Waals surface area contributed by atoms with Gasteiger partial charge in [0.05, 0.1) is 30.0 Å². The SMILES string of the molecule is COc1cc(NC(C)CCCN2C(=O)[C@H](C)NC2(C)C)c2ncccc2c1. The van der Waals surface area contributed by atoms with E-state index in [-0.39, 0.29) is 23.7 Å². The molecule has 0 bridgehead atoms. The monoisotopic (exact) mass is 370 g/mol. The molecule has 0 spiro atoms. The number of nitrogens with one attached hydrogen (secondary N) is 2. The molecule has 27 heavy (non-hydrogen) atoms. The molecule has 2 heterocycles. The van der Waals surface area contributed by atoms with Gasteiger partial charge in [-0.2, -0.15) is 0 Å². The van der Waals surface area contributed by atoms with Gasteiger partial charge in [0.2, 0.25) is 5.91 Å². The molecule has 6 heteroatoms. The lowest BCUT2D eigenvalue weighted by Gasteiger charge is -2.31. The summed E-state index contributed by atoms with van der Waals surface area (Å²) in [5.74, 6) is 0.998. The van der Waals surface area contributed by atoms with Crippen molar-refractivity contribution in [2.75, 3.05) is 19.0 Å². The fourth-order valence-corrected chi connectivity index (χ4v) is 3.85. The number of amides is 1. The number of ether oxygens (including phenoxy) is 1. The second kappa shape index (κ2) is 7.72. The first-order valence-corrected chi connectivity index (χ1v) is 9.60. The van der Waals surface area contributed by atoms with Gasteiger partial charge in [0, 0.05) is 30.2 Å². The fourth-order valence-electron chi connectivity index (χ4n) is 3.85. The van der Waals surface area contributed by atoms with E-state index in [0.29, 0.717) is 0 Å². The third-order valence-corrected chi connectivity index (χ3v) is 5.22. The maximum atomic E-state index is 12.3. The topological polar surface area (TPSA) is 66.5 Å². The second-order valence-electron chi connectivity index (χ2n) is 7.85. The quantitative estimate of drug-likeness (QED) is 0.782. The van der Waals surface area contributed by atoms with Crippen molar-refractivity contribution in [3.05, 3.63) is 30.5 Å². The Morgan fingerprint density at radius 3 is 2.85 bits per heavy atom. The van der Waals surface area contributed by atoms with Crippen molar-refractivity contribution in [3.63, 3.8) is 0 Å². The number of methoxy groups -OCH3 is 1. The van der Waals surface area contributed by atoms with Crippen LogP contribution >= 0.6 is 0 Å². The van der Waals surface area contributed by atoms with E-state index in [0.717, 1.165) is 41.7 Å². The zero-order chi connectivity index (χ0) is 19.6. The van der Waals surface area contributed by atoms with E-state index in [1.807, 2.05) is 36.1 Å². The standard InChI is InChI=1S/C21H30N4O2/c1-14(8-7-11-25-20(26)15(2)24-21(25,3)4)23-18-13-17(27-5)12-16-9-6-10-22-19(16)18/h6,9-10,12-15,23-24H,7-8,11H2,1-5H3/t14?,15-/m0/s1. The van der Waals surface area contributed by atoms with Crippen molar-refractivity contribution in [3.8, 4) is 5.75 Å². The zero-order valence-electron chi connectivity index (χ0n) is 16.9. The Labute approximate surface area is 161 Å². The summed E-state index contributed by atoms with van der Waals surface area (Å²) in [6.45, 7) is 8.96. The molecule has 1 aliphatic rings. The van der Waals surface area contributed by atoms with Gasteiger partial charge in [0.15, 0.2) is 0 Å². The van der Waals surface area contributed by atoms with E-state index >= 15 is 0 Å². The van der Waals surface area contributed by atoms with Crippen LogP contribution in [0.25, 0.3) is 10.9 Å². The maximum Gasteiger partial charge on any atom is 0.240 e. The number of carbonyl (C=O) groups is 1. The molecule has 146 valence electrons. The van der Waals surface area contributed by atoms with Crippen molar-refractivity contribution in [2.45, 2.75) is 58.3 Å². The maximum absolute atomic E-state index is 12.3. The minimum Gasteiger partial charge on any atom is -0.497 e. The number of hydrogen-bond acceptors (Lipinski definition) is 5. The first kappa shape index (κ1) is 19.4. The van der Waals surface area contributed by atoms with Crippen LogP contribution in [0.4, 0.5) is 5.69 Å². The molecule has 1 aromatic heterocycles. The summed E-state index contributed by atoms with van der Waals surface area (Å²) in [5, 5.41) is 7.96. The molecule has 1 aromatic carbocycles. The van der Waals surface area contributed by atoms with Gasteiger partial charge in [-0.15, -0.1) is 0 Å². The number of carbonyl (C=O) groups excluding carboxylic acids is 1. The van der Waals surface area contributed by atoms with E-state index in [2.05, 4.69) is 36.4 Å². The van der Waals surface area contributed by atoms with Gasteiger partial charge >= 0.3 is 0 Å². The Kier molecular flexibility index (Phi) is 5.56. The highest BCUT2D eigenvalue weighted by Crippen LogP contribution is 2.28. The molecule has 0 saturated carbocycles. The lowest BCUT2D eigenvalue weighted by atomic mass is 10.1. The summed E-state index contributed by atoms with van der Waals surface area (Å²) in [5.41, 5.74) is 1.64. The summed E-state index contributed by atoms with van der Waals surface area (Å²) in [6.07, 6.45) is 3.70. The molecule has 2 atom stereocenters. The minimum atomic E-state index is -0.278. The van der Waals surface area contributed by atoms with Crippen LogP contribution in [-0.2, 0) is 4.79 Å². The molecule has 1 unspecified atom stereocenters. The van der Waals surface area contributed by atoms with Crippen LogP contribution in [0, 0.1) is 0 Å². The molecule has 0 radical (unpaired) electrons. The fraction of sp³-hybridized carbons (Fsp3) is 0.524. The van der Waals surface area contributed by atoms with Gasteiger partial charge < -0.3 is 15.0 Å². The van der Waals surface area contributed by atoms with Crippen LogP contribution in [0.15, 0.2) is 30.5 Å². The van der Waals surface area contributed by atoms with E-state index < -0.39 is 0 Å². The first-order valence-electron chi connectivity index (χ1n) is 9.60. The van der Waals surface area contributed by atoms with Crippen molar-refractivity contribution >= 4 is 22.5 Å². The molecule has 3 rings (SSSR count). The normalized spacial score (nSPS) is 20.1. The van der Waals surface area contributed by atoms with Gasteiger partial charge in [-0.3, -0.25) is 15.1 Å². The van der Waals surface area contributed by atoms with Crippen LogP contribution in [-0.4, -0.2) is 47.2 Å². The van der Waals surface area contributed by atoms with E-state index in [1.54, 1.807) is 13.3 Å². The van der Waals surface area contributed by atoms with Crippen molar-refractivity contribution in [2.24, 2.45) is 0 Å². The molecular weight excluding hydrogens is 340 g/mol. The van der Waals surface area contributed by atoms with Gasteiger partial charge in [0.25, 0.3) is 0 Å². The summed E-state index contributed by atoms with van der Waals surface area (Å²) >= 11 is 0. The molecule has 1 fully saturated rings. The number of nitrogens with zero attached hydrogens (tertiary/aromatic N) is 2. The lowest BCUT2D eigenvalue weighted by Crippen LogP contribution is -2.47. The van der Waals surface area contributed by atoms with Crippen LogP contribution in [0.5, 0.6) is 5.75 Å². The molecular formula is C21H30N4O2. The molecule has 2 aromatic rings.